The van der Waals surface area contributed by atoms with Crippen LogP contribution in [-0.2, 0) is 11.3 Å². The Bertz CT molecular complexity index is 771. The summed E-state index contributed by atoms with van der Waals surface area (Å²) < 4.78 is 5.24. The first-order valence-corrected chi connectivity index (χ1v) is 8.33. The average molecular weight is 338 g/mol. The molecule has 0 unspecified atom stereocenters. The van der Waals surface area contributed by atoms with Crippen LogP contribution in [0.2, 0.25) is 0 Å². The van der Waals surface area contributed by atoms with Crippen molar-refractivity contribution < 1.29 is 14.3 Å². The number of carbonyl (C=O) groups is 2. The van der Waals surface area contributed by atoms with Crippen LogP contribution < -0.4 is 9.64 Å². The molecule has 0 radical (unpaired) electrons. The number of Topliss-reactive ketones (excluding diaryl/α,β-unsaturated/α-hetero) is 1. The number of hydrogen-bond donors (Lipinski definition) is 0. The minimum atomic E-state index is 0.0635. The van der Waals surface area contributed by atoms with Crippen LogP contribution in [-0.4, -0.2) is 43.3 Å². The van der Waals surface area contributed by atoms with Crippen LogP contribution in [0.4, 0.5) is 5.69 Å². The number of rotatable bonds is 5. The molecule has 0 atom stereocenters. The Morgan fingerprint density at radius 2 is 1.88 bits per heavy atom. The van der Waals surface area contributed by atoms with Crippen molar-refractivity contribution in [2.45, 2.75) is 13.5 Å². The molecule has 1 heterocycles. The van der Waals surface area contributed by atoms with Crippen molar-refractivity contribution in [1.82, 2.24) is 4.90 Å². The number of hydrogen-bond acceptors (Lipinski definition) is 4. The van der Waals surface area contributed by atoms with Gasteiger partial charge in [0.2, 0.25) is 5.91 Å². The van der Waals surface area contributed by atoms with E-state index in [2.05, 4.69) is 4.90 Å². The summed E-state index contributed by atoms with van der Waals surface area (Å²) in [4.78, 5) is 27.8. The van der Waals surface area contributed by atoms with Gasteiger partial charge in [-0.25, -0.2) is 0 Å². The molecule has 0 N–H and O–H groups in total. The van der Waals surface area contributed by atoms with Gasteiger partial charge in [-0.3, -0.25) is 14.5 Å². The lowest BCUT2D eigenvalue weighted by Crippen LogP contribution is -2.50. The normalized spacial score (nSPS) is 15.3. The van der Waals surface area contributed by atoms with E-state index in [4.69, 9.17) is 4.74 Å². The number of carbonyl (C=O) groups excluding carboxylic acids is 2. The molecule has 5 heteroatoms. The van der Waals surface area contributed by atoms with Crippen LogP contribution in [0.3, 0.4) is 0 Å². The van der Waals surface area contributed by atoms with Gasteiger partial charge in [-0.15, -0.1) is 0 Å². The number of nitrogens with zero attached hydrogens (tertiary/aromatic N) is 2. The van der Waals surface area contributed by atoms with E-state index < -0.39 is 0 Å². The van der Waals surface area contributed by atoms with Crippen molar-refractivity contribution in [3.8, 4) is 5.75 Å². The fourth-order valence-electron chi connectivity index (χ4n) is 3.01. The lowest BCUT2D eigenvalue weighted by atomic mass is 10.1. The van der Waals surface area contributed by atoms with E-state index in [0.717, 1.165) is 23.5 Å². The Hall–Kier alpha value is -2.66. The topological polar surface area (TPSA) is 49.9 Å². The SMILES string of the molecule is COc1cccc(N2CCN(Cc3ccc(C(C)=O)cc3)CC2=O)c1. The molecule has 1 amide bonds. The maximum absolute atomic E-state index is 12.5. The largest absolute Gasteiger partial charge is 0.497 e. The predicted molar refractivity (Wildman–Crippen MR) is 97.1 cm³/mol. The zero-order chi connectivity index (χ0) is 17.8. The molecule has 25 heavy (non-hydrogen) atoms. The number of benzene rings is 2. The van der Waals surface area contributed by atoms with Gasteiger partial charge in [0.1, 0.15) is 5.75 Å². The summed E-state index contributed by atoms with van der Waals surface area (Å²) >= 11 is 0. The van der Waals surface area contributed by atoms with Crippen LogP contribution >= 0.6 is 0 Å². The van der Waals surface area contributed by atoms with Crippen molar-refractivity contribution in [3.05, 3.63) is 59.7 Å². The molecule has 0 aromatic heterocycles. The molecule has 0 aliphatic carbocycles. The molecule has 1 saturated heterocycles. The lowest BCUT2D eigenvalue weighted by molar-refractivity contribution is -0.121. The minimum Gasteiger partial charge on any atom is -0.497 e. The lowest BCUT2D eigenvalue weighted by Gasteiger charge is -2.34. The Balaban J connectivity index is 1.63. The fourth-order valence-corrected chi connectivity index (χ4v) is 3.01. The average Bonchev–Trinajstić information content (AvgIpc) is 2.62. The van der Waals surface area contributed by atoms with Gasteiger partial charge in [-0.2, -0.15) is 0 Å². The van der Waals surface area contributed by atoms with Crippen molar-refractivity contribution in [3.63, 3.8) is 0 Å². The monoisotopic (exact) mass is 338 g/mol. The van der Waals surface area contributed by atoms with Crippen LogP contribution in [0.1, 0.15) is 22.8 Å². The number of methoxy groups -OCH3 is 1. The van der Waals surface area contributed by atoms with Gasteiger partial charge < -0.3 is 9.64 Å². The first-order valence-electron chi connectivity index (χ1n) is 8.33. The highest BCUT2D eigenvalue weighted by molar-refractivity contribution is 5.95. The highest BCUT2D eigenvalue weighted by Crippen LogP contribution is 2.23. The van der Waals surface area contributed by atoms with Crippen LogP contribution in [0.15, 0.2) is 48.5 Å². The van der Waals surface area contributed by atoms with E-state index >= 15 is 0 Å². The third-order valence-corrected chi connectivity index (χ3v) is 4.43. The second-order valence-electron chi connectivity index (χ2n) is 6.21. The van der Waals surface area contributed by atoms with E-state index in [1.54, 1.807) is 18.9 Å². The standard InChI is InChI=1S/C20H22N2O3/c1-15(23)17-8-6-16(7-9-17)13-21-10-11-22(20(24)14-21)18-4-3-5-19(12-18)25-2/h3-9,12H,10-11,13-14H2,1-2H3. The molecule has 130 valence electrons. The number of piperazine rings is 1. The molecule has 2 aromatic carbocycles. The second-order valence-corrected chi connectivity index (χ2v) is 6.21. The van der Waals surface area contributed by atoms with Gasteiger partial charge in [0.15, 0.2) is 5.78 Å². The summed E-state index contributed by atoms with van der Waals surface area (Å²) in [6.07, 6.45) is 0. The molecule has 1 aliphatic heterocycles. The summed E-state index contributed by atoms with van der Waals surface area (Å²) in [5.41, 5.74) is 2.69. The molecular weight excluding hydrogens is 316 g/mol. The van der Waals surface area contributed by atoms with Gasteiger partial charge in [-0.05, 0) is 24.6 Å². The Morgan fingerprint density at radius 1 is 1.12 bits per heavy atom. The zero-order valence-electron chi connectivity index (χ0n) is 14.6. The molecule has 1 aliphatic rings. The molecule has 0 saturated carbocycles. The first-order chi connectivity index (χ1) is 12.1. The highest BCUT2D eigenvalue weighted by atomic mass is 16.5. The summed E-state index contributed by atoms with van der Waals surface area (Å²) in [6.45, 7) is 4.10. The van der Waals surface area contributed by atoms with Gasteiger partial charge in [0, 0.05) is 37.0 Å². The smallest absolute Gasteiger partial charge is 0.241 e. The van der Waals surface area contributed by atoms with Crippen LogP contribution in [0.25, 0.3) is 0 Å². The van der Waals surface area contributed by atoms with Crippen molar-refractivity contribution >= 4 is 17.4 Å². The summed E-state index contributed by atoms with van der Waals surface area (Å²) in [7, 11) is 1.62. The first kappa shape index (κ1) is 17.2. The number of ketones is 1. The highest BCUT2D eigenvalue weighted by Gasteiger charge is 2.25. The van der Waals surface area contributed by atoms with Gasteiger partial charge in [-0.1, -0.05) is 30.3 Å². The molecule has 0 spiro atoms. The molecular formula is C20H22N2O3. The van der Waals surface area contributed by atoms with Crippen molar-refractivity contribution in [1.29, 1.82) is 0 Å². The summed E-state index contributed by atoms with van der Waals surface area (Å²) in [5.74, 6) is 0.895. The van der Waals surface area contributed by atoms with Crippen LogP contribution in [0.5, 0.6) is 5.75 Å². The van der Waals surface area contributed by atoms with Gasteiger partial charge >= 0.3 is 0 Å². The number of anilines is 1. The Kier molecular flexibility index (Phi) is 5.14. The Morgan fingerprint density at radius 3 is 2.52 bits per heavy atom. The quantitative estimate of drug-likeness (QED) is 0.787. The maximum atomic E-state index is 12.5. The Labute approximate surface area is 147 Å². The predicted octanol–water partition coefficient (Wildman–Crippen LogP) is 2.75. The summed E-state index contributed by atoms with van der Waals surface area (Å²) in [5, 5.41) is 0. The second kappa shape index (κ2) is 7.49. The molecule has 3 rings (SSSR count). The van der Waals surface area contributed by atoms with E-state index in [0.29, 0.717) is 25.2 Å². The fraction of sp³-hybridized carbons (Fsp3) is 0.300. The third-order valence-electron chi connectivity index (χ3n) is 4.43. The minimum absolute atomic E-state index is 0.0635. The van der Waals surface area contributed by atoms with Crippen LogP contribution in [0, 0.1) is 0 Å². The number of ether oxygens (including phenoxy) is 1. The van der Waals surface area contributed by atoms with Gasteiger partial charge in [0.25, 0.3) is 0 Å². The van der Waals surface area contributed by atoms with Crippen molar-refractivity contribution in [2.75, 3.05) is 31.6 Å². The maximum Gasteiger partial charge on any atom is 0.241 e. The van der Waals surface area contributed by atoms with E-state index in [1.165, 1.54) is 0 Å². The van der Waals surface area contributed by atoms with E-state index in [9.17, 15) is 9.59 Å². The van der Waals surface area contributed by atoms with E-state index in [-0.39, 0.29) is 11.7 Å². The molecule has 1 fully saturated rings. The number of amides is 1. The molecule has 5 nitrogen and oxygen atoms in total. The van der Waals surface area contributed by atoms with E-state index in [1.807, 2.05) is 48.5 Å². The summed E-state index contributed by atoms with van der Waals surface area (Å²) in [6, 6.07) is 15.2. The molecule has 0 bridgehead atoms. The van der Waals surface area contributed by atoms with Crippen molar-refractivity contribution in [2.24, 2.45) is 0 Å². The zero-order valence-corrected chi connectivity index (χ0v) is 14.6. The molecule has 2 aromatic rings. The third kappa shape index (κ3) is 4.06. The van der Waals surface area contributed by atoms with Gasteiger partial charge in [0.05, 0.1) is 13.7 Å².